The Bertz CT molecular complexity index is 658. The minimum absolute atomic E-state index is 0.128. The molecule has 2 rings (SSSR count). The van der Waals surface area contributed by atoms with Crippen LogP contribution >= 0.6 is 11.3 Å². The van der Waals surface area contributed by atoms with E-state index in [1.807, 2.05) is 44.4 Å². The first-order valence-corrected chi connectivity index (χ1v) is 8.37. The molecular weight excluding hydrogens is 308 g/mol. The van der Waals surface area contributed by atoms with Crippen LogP contribution in [0.15, 0.2) is 41.9 Å². The number of hydrogen-bond donors (Lipinski definition) is 1. The van der Waals surface area contributed by atoms with E-state index in [1.165, 1.54) is 17.4 Å². The number of amides is 1. The Labute approximate surface area is 141 Å². The quantitative estimate of drug-likeness (QED) is 0.820. The SMILES string of the molecule is CC(C)(C)OCc1cccc(CNC(=O)/C=C/c2nccs2)c1. The van der Waals surface area contributed by atoms with E-state index in [1.54, 1.807) is 12.3 Å². The number of benzene rings is 1. The van der Waals surface area contributed by atoms with Crippen LogP contribution in [0.4, 0.5) is 0 Å². The van der Waals surface area contributed by atoms with Crippen molar-refractivity contribution in [3.8, 4) is 0 Å². The molecule has 0 saturated carbocycles. The highest BCUT2D eigenvalue weighted by atomic mass is 32.1. The number of rotatable bonds is 6. The molecule has 1 heterocycles. The lowest BCUT2D eigenvalue weighted by Crippen LogP contribution is -2.20. The molecular formula is C18H22N2O2S. The third-order valence-electron chi connectivity index (χ3n) is 2.96. The fourth-order valence-corrected chi connectivity index (χ4v) is 2.37. The summed E-state index contributed by atoms with van der Waals surface area (Å²) in [5.41, 5.74) is 1.99. The maximum atomic E-state index is 11.8. The molecule has 0 saturated heterocycles. The number of hydrogen-bond acceptors (Lipinski definition) is 4. The smallest absolute Gasteiger partial charge is 0.244 e. The molecule has 1 N–H and O–H groups in total. The molecule has 1 amide bonds. The number of ether oxygens (including phenoxy) is 1. The molecule has 0 spiro atoms. The van der Waals surface area contributed by atoms with Crippen molar-refractivity contribution in [3.63, 3.8) is 0 Å². The van der Waals surface area contributed by atoms with Crippen molar-refractivity contribution in [2.24, 2.45) is 0 Å². The van der Waals surface area contributed by atoms with Crippen molar-refractivity contribution >= 4 is 23.3 Å². The lowest BCUT2D eigenvalue weighted by Gasteiger charge is -2.19. The van der Waals surface area contributed by atoms with E-state index in [0.29, 0.717) is 13.2 Å². The van der Waals surface area contributed by atoms with Crippen LogP contribution in [0.2, 0.25) is 0 Å². The largest absolute Gasteiger partial charge is 0.371 e. The second kappa shape index (κ2) is 8.04. The van der Waals surface area contributed by atoms with Crippen molar-refractivity contribution < 1.29 is 9.53 Å². The highest BCUT2D eigenvalue weighted by Gasteiger charge is 2.10. The average molecular weight is 330 g/mol. The van der Waals surface area contributed by atoms with Gasteiger partial charge in [-0.1, -0.05) is 24.3 Å². The first-order valence-electron chi connectivity index (χ1n) is 7.49. The van der Waals surface area contributed by atoms with Gasteiger partial charge in [0, 0.05) is 24.2 Å². The summed E-state index contributed by atoms with van der Waals surface area (Å²) in [7, 11) is 0. The lowest BCUT2D eigenvalue weighted by atomic mass is 10.1. The monoisotopic (exact) mass is 330 g/mol. The molecule has 0 unspecified atom stereocenters. The number of carbonyl (C=O) groups is 1. The van der Waals surface area contributed by atoms with Crippen LogP contribution in [0, 0.1) is 0 Å². The Morgan fingerprint density at radius 1 is 1.35 bits per heavy atom. The summed E-state index contributed by atoms with van der Waals surface area (Å²) in [4.78, 5) is 15.9. The van der Waals surface area contributed by atoms with Gasteiger partial charge >= 0.3 is 0 Å². The van der Waals surface area contributed by atoms with E-state index in [0.717, 1.165) is 16.1 Å². The summed E-state index contributed by atoms with van der Waals surface area (Å²) >= 11 is 1.50. The molecule has 0 atom stereocenters. The number of nitrogens with zero attached hydrogens (tertiary/aromatic N) is 1. The van der Waals surface area contributed by atoms with Crippen molar-refractivity contribution in [2.75, 3.05) is 0 Å². The number of aromatic nitrogens is 1. The predicted octanol–water partition coefficient (Wildman–Crippen LogP) is 3.79. The van der Waals surface area contributed by atoms with Crippen molar-refractivity contribution in [3.05, 3.63) is 58.1 Å². The third-order valence-corrected chi connectivity index (χ3v) is 3.70. The van der Waals surface area contributed by atoms with Gasteiger partial charge in [0.1, 0.15) is 5.01 Å². The van der Waals surface area contributed by atoms with E-state index in [2.05, 4.69) is 16.4 Å². The molecule has 0 fully saturated rings. The highest BCUT2D eigenvalue weighted by Crippen LogP contribution is 2.13. The van der Waals surface area contributed by atoms with E-state index < -0.39 is 0 Å². The van der Waals surface area contributed by atoms with E-state index in [9.17, 15) is 4.79 Å². The van der Waals surface area contributed by atoms with Gasteiger partial charge in [-0.05, 0) is 38.0 Å². The van der Waals surface area contributed by atoms with Crippen LogP contribution in [-0.4, -0.2) is 16.5 Å². The Hall–Kier alpha value is -1.98. The van der Waals surface area contributed by atoms with Crippen molar-refractivity contribution in [2.45, 2.75) is 39.5 Å². The van der Waals surface area contributed by atoms with Crippen LogP contribution in [0.5, 0.6) is 0 Å². The van der Waals surface area contributed by atoms with Crippen LogP contribution in [0.1, 0.15) is 36.9 Å². The van der Waals surface area contributed by atoms with Gasteiger partial charge in [-0.2, -0.15) is 0 Å². The Kier molecular flexibility index (Phi) is 6.07. The first kappa shape index (κ1) is 17.4. The summed E-state index contributed by atoms with van der Waals surface area (Å²) < 4.78 is 5.77. The van der Waals surface area contributed by atoms with Crippen molar-refractivity contribution in [1.82, 2.24) is 10.3 Å². The molecule has 23 heavy (non-hydrogen) atoms. The average Bonchev–Trinajstić information content (AvgIpc) is 3.02. The molecule has 0 aliphatic heterocycles. The summed E-state index contributed by atoms with van der Waals surface area (Å²) in [6, 6.07) is 8.05. The van der Waals surface area contributed by atoms with Gasteiger partial charge in [-0.25, -0.2) is 4.98 Å². The molecule has 2 aromatic rings. The zero-order chi connectivity index (χ0) is 16.7. The minimum atomic E-state index is -0.162. The van der Waals surface area contributed by atoms with E-state index in [-0.39, 0.29) is 11.5 Å². The molecule has 4 nitrogen and oxygen atoms in total. The summed E-state index contributed by atoms with van der Waals surface area (Å²) in [6.07, 6.45) is 4.94. The van der Waals surface area contributed by atoms with Gasteiger partial charge in [-0.15, -0.1) is 11.3 Å². The number of carbonyl (C=O) groups excluding carboxylic acids is 1. The topological polar surface area (TPSA) is 51.2 Å². The fraction of sp³-hybridized carbons (Fsp3) is 0.333. The van der Waals surface area contributed by atoms with Crippen LogP contribution < -0.4 is 5.32 Å². The number of nitrogens with one attached hydrogen (secondary N) is 1. The van der Waals surface area contributed by atoms with Crippen molar-refractivity contribution in [1.29, 1.82) is 0 Å². The third kappa shape index (κ3) is 6.76. The molecule has 0 aliphatic rings. The lowest BCUT2D eigenvalue weighted by molar-refractivity contribution is -0.116. The van der Waals surface area contributed by atoms with Gasteiger partial charge in [0.05, 0.1) is 12.2 Å². The standard InChI is InChI=1S/C18H22N2O2S/c1-18(2,3)22-13-15-6-4-5-14(11-15)12-20-16(21)7-8-17-19-9-10-23-17/h4-11H,12-13H2,1-3H3,(H,20,21)/b8-7+. The highest BCUT2D eigenvalue weighted by molar-refractivity contribution is 7.10. The summed E-state index contributed by atoms with van der Waals surface area (Å²) in [6.45, 7) is 7.16. The molecule has 0 radical (unpaired) electrons. The summed E-state index contributed by atoms with van der Waals surface area (Å²) in [5, 5.41) is 5.57. The van der Waals surface area contributed by atoms with Gasteiger partial charge in [0.25, 0.3) is 0 Å². The second-order valence-corrected chi connectivity index (χ2v) is 7.07. The van der Waals surface area contributed by atoms with E-state index >= 15 is 0 Å². The Balaban J connectivity index is 1.84. The van der Waals surface area contributed by atoms with Gasteiger partial charge in [0.15, 0.2) is 0 Å². The summed E-state index contributed by atoms with van der Waals surface area (Å²) in [5.74, 6) is -0.128. The zero-order valence-electron chi connectivity index (χ0n) is 13.7. The maximum Gasteiger partial charge on any atom is 0.244 e. The Morgan fingerprint density at radius 2 is 2.13 bits per heavy atom. The molecule has 1 aromatic carbocycles. The predicted molar refractivity (Wildman–Crippen MR) is 94.0 cm³/mol. The fourth-order valence-electron chi connectivity index (χ4n) is 1.84. The molecule has 0 aliphatic carbocycles. The molecule has 0 bridgehead atoms. The zero-order valence-corrected chi connectivity index (χ0v) is 14.5. The molecule has 122 valence electrons. The maximum absolute atomic E-state index is 11.8. The molecule has 1 aromatic heterocycles. The molecule has 5 heteroatoms. The van der Waals surface area contributed by atoms with E-state index in [4.69, 9.17) is 4.74 Å². The van der Waals surface area contributed by atoms with Crippen LogP contribution in [0.3, 0.4) is 0 Å². The Morgan fingerprint density at radius 3 is 2.83 bits per heavy atom. The van der Waals surface area contributed by atoms with Crippen LogP contribution in [-0.2, 0) is 22.7 Å². The van der Waals surface area contributed by atoms with Gasteiger partial charge < -0.3 is 10.1 Å². The minimum Gasteiger partial charge on any atom is -0.371 e. The normalized spacial score (nSPS) is 11.8. The number of thiazole rings is 1. The first-order chi connectivity index (χ1) is 10.9. The van der Waals surface area contributed by atoms with Crippen LogP contribution in [0.25, 0.3) is 6.08 Å². The second-order valence-electron chi connectivity index (χ2n) is 6.14. The van der Waals surface area contributed by atoms with Gasteiger partial charge in [-0.3, -0.25) is 4.79 Å². The van der Waals surface area contributed by atoms with Gasteiger partial charge in [0.2, 0.25) is 5.91 Å².